The third-order valence-electron chi connectivity index (χ3n) is 1.46. The molecular formula is C6H9Cl2N5. The summed E-state index contributed by atoms with van der Waals surface area (Å²) in [7, 11) is 0. The molecule has 0 amide bonds. The summed E-state index contributed by atoms with van der Waals surface area (Å²) in [5.41, 5.74) is 12.3. The van der Waals surface area contributed by atoms with E-state index >= 15 is 0 Å². The number of rotatable bonds is 0. The first-order valence-corrected chi connectivity index (χ1v) is 3.13. The second-order valence-electron chi connectivity index (χ2n) is 2.21. The van der Waals surface area contributed by atoms with Gasteiger partial charge in [-0.1, -0.05) is 0 Å². The minimum Gasteiger partial charge on any atom is -0.394 e. The molecule has 0 radical (unpaired) electrons. The lowest BCUT2D eigenvalue weighted by atomic mass is 10.5. The Bertz CT molecular complexity index is 399. The number of nitrogens with zero attached hydrogens (tertiary/aromatic N) is 3. The molecular weight excluding hydrogens is 213 g/mol. The predicted molar refractivity (Wildman–Crippen MR) is 56.3 cm³/mol. The van der Waals surface area contributed by atoms with Crippen molar-refractivity contribution in [1.82, 2.24) is 14.6 Å². The predicted octanol–water partition coefficient (Wildman–Crippen LogP) is 0.737. The van der Waals surface area contributed by atoms with Crippen molar-refractivity contribution in [3.63, 3.8) is 0 Å². The average Bonchev–Trinajstić information content (AvgIpc) is 2.35. The zero-order valence-electron chi connectivity index (χ0n) is 6.54. The van der Waals surface area contributed by atoms with Crippen LogP contribution < -0.4 is 11.5 Å². The third-order valence-corrected chi connectivity index (χ3v) is 1.46. The Morgan fingerprint density at radius 3 is 2.54 bits per heavy atom. The second-order valence-corrected chi connectivity index (χ2v) is 2.21. The Morgan fingerprint density at radius 1 is 1.23 bits per heavy atom. The Hall–Kier alpha value is -1.20. The van der Waals surface area contributed by atoms with Crippen molar-refractivity contribution in [3.8, 4) is 0 Å². The normalized spacial score (nSPS) is 8.92. The van der Waals surface area contributed by atoms with Gasteiger partial charge in [0.2, 0.25) is 0 Å². The van der Waals surface area contributed by atoms with Crippen molar-refractivity contribution < 1.29 is 0 Å². The maximum Gasteiger partial charge on any atom is 0.180 e. The highest BCUT2D eigenvalue weighted by Crippen LogP contribution is 2.11. The van der Waals surface area contributed by atoms with E-state index in [0.717, 1.165) is 0 Å². The average molecular weight is 222 g/mol. The molecule has 0 aliphatic heterocycles. The van der Waals surface area contributed by atoms with Crippen molar-refractivity contribution in [2.45, 2.75) is 0 Å². The SMILES string of the molecule is Cl.Cl.Nc1cnn2c(N)ccnc12. The van der Waals surface area contributed by atoms with Crippen LogP contribution in [0.5, 0.6) is 0 Å². The fourth-order valence-electron chi connectivity index (χ4n) is 0.928. The number of fused-ring (bicyclic) bond motifs is 1. The van der Waals surface area contributed by atoms with Crippen molar-refractivity contribution in [2.24, 2.45) is 0 Å². The molecule has 0 spiro atoms. The van der Waals surface area contributed by atoms with Crippen LogP contribution in [-0.4, -0.2) is 14.6 Å². The summed E-state index contributed by atoms with van der Waals surface area (Å²) in [6, 6.07) is 1.67. The van der Waals surface area contributed by atoms with Crippen molar-refractivity contribution in [1.29, 1.82) is 0 Å². The lowest BCUT2D eigenvalue weighted by Gasteiger charge is -1.95. The molecule has 2 rings (SSSR count). The van der Waals surface area contributed by atoms with E-state index < -0.39 is 0 Å². The minimum atomic E-state index is 0. The van der Waals surface area contributed by atoms with Crippen LogP contribution in [0.15, 0.2) is 18.5 Å². The van der Waals surface area contributed by atoms with Crippen LogP contribution in [0, 0.1) is 0 Å². The van der Waals surface area contributed by atoms with Crippen LogP contribution >= 0.6 is 24.8 Å². The Labute approximate surface area is 86.9 Å². The molecule has 0 aliphatic rings. The van der Waals surface area contributed by atoms with Crippen LogP contribution in [0.3, 0.4) is 0 Å². The quantitative estimate of drug-likeness (QED) is 0.688. The van der Waals surface area contributed by atoms with E-state index in [1.54, 1.807) is 12.3 Å². The summed E-state index contributed by atoms with van der Waals surface area (Å²) < 4.78 is 1.50. The van der Waals surface area contributed by atoms with E-state index in [0.29, 0.717) is 17.2 Å². The van der Waals surface area contributed by atoms with E-state index in [4.69, 9.17) is 11.5 Å². The van der Waals surface area contributed by atoms with Crippen molar-refractivity contribution in [3.05, 3.63) is 18.5 Å². The lowest BCUT2D eigenvalue weighted by molar-refractivity contribution is 0.952. The molecule has 0 aliphatic carbocycles. The number of halogens is 2. The summed E-state index contributed by atoms with van der Waals surface area (Å²) in [6.45, 7) is 0. The first-order chi connectivity index (χ1) is 5.29. The largest absolute Gasteiger partial charge is 0.394 e. The van der Waals surface area contributed by atoms with Crippen LogP contribution in [0.2, 0.25) is 0 Å². The molecule has 13 heavy (non-hydrogen) atoms. The summed E-state index contributed by atoms with van der Waals surface area (Å²) in [4.78, 5) is 4.00. The number of hydrogen-bond acceptors (Lipinski definition) is 4. The topological polar surface area (TPSA) is 82.2 Å². The molecule has 72 valence electrons. The molecule has 7 heteroatoms. The molecule has 0 saturated carbocycles. The molecule has 0 fully saturated rings. The van der Waals surface area contributed by atoms with E-state index in [1.807, 2.05) is 0 Å². The maximum absolute atomic E-state index is 5.57. The first kappa shape index (κ1) is 11.8. The van der Waals surface area contributed by atoms with Gasteiger partial charge in [-0.2, -0.15) is 9.61 Å². The summed E-state index contributed by atoms with van der Waals surface area (Å²) in [5, 5.41) is 3.92. The molecule has 2 aromatic heterocycles. The molecule has 5 nitrogen and oxygen atoms in total. The minimum absolute atomic E-state index is 0. The molecule has 0 atom stereocenters. The zero-order chi connectivity index (χ0) is 7.84. The van der Waals surface area contributed by atoms with Crippen LogP contribution in [-0.2, 0) is 0 Å². The van der Waals surface area contributed by atoms with E-state index in [2.05, 4.69) is 10.1 Å². The number of anilines is 2. The highest BCUT2D eigenvalue weighted by Gasteiger charge is 2.01. The molecule has 0 unspecified atom stereocenters. The van der Waals surface area contributed by atoms with E-state index in [1.165, 1.54) is 10.7 Å². The van der Waals surface area contributed by atoms with Crippen molar-refractivity contribution in [2.75, 3.05) is 11.5 Å². The second kappa shape index (κ2) is 4.15. The van der Waals surface area contributed by atoms with Crippen LogP contribution in [0.1, 0.15) is 0 Å². The fraction of sp³-hybridized carbons (Fsp3) is 0. The molecule has 4 N–H and O–H groups in total. The van der Waals surface area contributed by atoms with Crippen LogP contribution in [0.4, 0.5) is 11.5 Å². The van der Waals surface area contributed by atoms with Gasteiger partial charge in [0.1, 0.15) is 5.82 Å². The molecule has 0 aromatic carbocycles. The van der Waals surface area contributed by atoms with Gasteiger partial charge in [-0.3, -0.25) is 0 Å². The molecule has 0 bridgehead atoms. The van der Waals surface area contributed by atoms with Gasteiger partial charge in [0.15, 0.2) is 5.65 Å². The first-order valence-electron chi connectivity index (χ1n) is 3.13. The summed E-state index contributed by atoms with van der Waals surface area (Å²) in [6.07, 6.45) is 3.13. The number of nitrogens with two attached hydrogens (primary N) is 2. The summed E-state index contributed by atoms with van der Waals surface area (Å²) in [5.74, 6) is 0.534. The monoisotopic (exact) mass is 221 g/mol. The zero-order valence-corrected chi connectivity index (χ0v) is 8.18. The number of nitrogen functional groups attached to an aromatic ring is 2. The smallest absolute Gasteiger partial charge is 0.180 e. The summed E-state index contributed by atoms with van der Waals surface area (Å²) >= 11 is 0. The molecule has 2 aromatic rings. The number of hydrogen-bond donors (Lipinski definition) is 2. The lowest BCUT2D eigenvalue weighted by Crippen LogP contribution is -1.99. The van der Waals surface area contributed by atoms with E-state index in [-0.39, 0.29) is 24.8 Å². The van der Waals surface area contributed by atoms with Gasteiger partial charge in [0, 0.05) is 6.20 Å². The van der Waals surface area contributed by atoms with Crippen molar-refractivity contribution >= 4 is 42.0 Å². The maximum atomic E-state index is 5.57. The van der Waals surface area contributed by atoms with Gasteiger partial charge >= 0.3 is 0 Å². The molecule has 0 saturated heterocycles. The highest BCUT2D eigenvalue weighted by molar-refractivity contribution is 5.85. The Kier molecular flexibility index (Phi) is 3.77. The van der Waals surface area contributed by atoms with Gasteiger partial charge in [0.25, 0.3) is 0 Å². The van der Waals surface area contributed by atoms with Gasteiger partial charge < -0.3 is 11.5 Å². The fourth-order valence-corrected chi connectivity index (χ4v) is 0.928. The third kappa shape index (κ3) is 1.76. The molecule has 2 heterocycles. The van der Waals surface area contributed by atoms with Gasteiger partial charge in [-0.25, -0.2) is 4.98 Å². The van der Waals surface area contributed by atoms with Gasteiger partial charge in [-0.05, 0) is 6.07 Å². The Balaban J connectivity index is 0.000000720. The van der Waals surface area contributed by atoms with Crippen LogP contribution in [0.25, 0.3) is 5.65 Å². The standard InChI is InChI=1S/C6H7N5.2ClH/c7-4-3-10-11-5(8)1-2-9-6(4)11;;/h1-3H,7-8H2;2*1H. The number of aromatic nitrogens is 3. The highest BCUT2D eigenvalue weighted by atomic mass is 35.5. The van der Waals surface area contributed by atoms with Gasteiger partial charge in [-0.15, -0.1) is 24.8 Å². The van der Waals surface area contributed by atoms with E-state index in [9.17, 15) is 0 Å². The Morgan fingerprint density at radius 2 is 1.92 bits per heavy atom. The van der Waals surface area contributed by atoms with Gasteiger partial charge in [0.05, 0.1) is 11.9 Å².